The molecule has 24 heavy (non-hydrogen) atoms. The molecule has 132 valence electrons. The van der Waals surface area contributed by atoms with E-state index in [0.29, 0.717) is 13.0 Å². The van der Waals surface area contributed by atoms with Crippen molar-refractivity contribution in [1.29, 1.82) is 0 Å². The molecule has 8 nitrogen and oxygen atoms in total. The van der Waals surface area contributed by atoms with E-state index in [1.807, 2.05) is 11.8 Å². The number of esters is 1. The average molecular weight is 357 g/mol. The third-order valence-electron chi connectivity index (χ3n) is 4.00. The summed E-state index contributed by atoms with van der Waals surface area (Å²) in [5.74, 6) is -0.0717. The van der Waals surface area contributed by atoms with Crippen molar-refractivity contribution >= 4 is 29.1 Å². The first-order valence-corrected chi connectivity index (χ1v) is 8.50. The lowest BCUT2D eigenvalue weighted by atomic mass is 10.2. The van der Waals surface area contributed by atoms with Crippen LogP contribution in [0.4, 0.5) is 11.5 Å². The highest BCUT2D eigenvalue weighted by Crippen LogP contribution is 2.32. The first-order chi connectivity index (χ1) is 11.5. The number of halogens is 1. The molecule has 1 fully saturated rings. The molecule has 1 saturated carbocycles. The summed E-state index contributed by atoms with van der Waals surface area (Å²) in [6.45, 7) is 2.40. The van der Waals surface area contributed by atoms with Gasteiger partial charge in [-0.1, -0.05) is 19.8 Å². The zero-order chi connectivity index (χ0) is 17.5. The van der Waals surface area contributed by atoms with E-state index in [4.69, 9.17) is 16.3 Å². The van der Waals surface area contributed by atoms with Gasteiger partial charge in [-0.15, -0.1) is 0 Å². The fraction of sp³-hybridized carbons (Fsp3) is 0.667. The van der Waals surface area contributed by atoms with E-state index in [1.165, 1.54) is 0 Å². The van der Waals surface area contributed by atoms with Crippen molar-refractivity contribution in [3.63, 3.8) is 0 Å². The molecule has 0 unspecified atom stereocenters. The number of nitrogens with zero attached hydrogens (tertiary/aromatic N) is 4. The Bertz CT molecular complexity index is 593. The molecule has 0 spiro atoms. The molecule has 0 aliphatic heterocycles. The molecule has 1 aliphatic rings. The molecule has 9 heteroatoms. The predicted octanol–water partition coefficient (Wildman–Crippen LogP) is 3.13. The maximum Gasteiger partial charge on any atom is 0.329 e. The number of anilines is 1. The topological polar surface area (TPSA) is 98.5 Å². The van der Waals surface area contributed by atoms with Gasteiger partial charge in [-0.05, 0) is 30.9 Å². The Morgan fingerprint density at radius 3 is 2.83 bits per heavy atom. The van der Waals surface area contributed by atoms with Crippen molar-refractivity contribution in [3.05, 3.63) is 21.6 Å². The zero-order valence-corrected chi connectivity index (χ0v) is 14.4. The molecular weight excluding hydrogens is 336 g/mol. The summed E-state index contributed by atoms with van der Waals surface area (Å²) < 4.78 is 5.20. The van der Waals surface area contributed by atoms with Crippen LogP contribution in [0.3, 0.4) is 0 Å². The Morgan fingerprint density at radius 1 is 1.50 bits per heavy atom. The van der Waals surface area contributed by atoms with Crippen LogP contribution in [0.15, 0.2) is 6.20 Å². The van der Waals surface area contributed by atoms with Gasteiger partial charge in [-0.2, -0.15) is 4.98 Å². The normalized spacial score (nSPS) is 14.6. The second-order valence-corrected chi connectivity index (χ2v) is 6.05. The molecule has 0 N–H and O–H groups in total. The Morgan fingerprint density at radius 2 is 2.21 bits per heavy atom. The van der Waals surface area contributed by atoms with Crippen LogP contribution in [0.1, 0.15) is 45.4 Å². The Balaban J connectivity index is 2.18. The lowest BCUT2D eigenvalue weighted by molar-refractivity contribution is -0.384. The standard InChI is InChI=1S/C15H21ClN4O4/c1-2-5-13(21)24-9-8-19(11-6-3-4-7-11)14-12(20(22)23)10-17-15(16)18-14/h10-11H,2-9H2,1H3. The fourth-order valence-corrected chi connectivity index (χ4v) is 3.03. The van der Waals surface area contributed by atoms with Crippen molar-refractivity contribution in [2.45, 2.75) is 51.5 Å². The molecule has 0 aromatic carbocycles. The molecular formula is C15H21ClN4O4. The highest BCUT2D eigenvalue weighted by molar-refractivity contribution is 6.28. The van der Waals surface area contributed by atoms with Crippen LogP contribution < -0.4 is 4.90 Å². The van der Waals surface area contributed by atoms with Gasteiger partial charge in [0.25, 0.3) is 0 Å². The van der Waals surface area contributed by atoms with Crippen LogP contribution in [0.5, 0.6) is 0 Å². The minimum Gasteiger partial charge on any atom is -0.464 e. The summed E-state index contributed by atoms with van der Waals surface area (Å²) in [6.07, 6.45) is 6.16. The van der Waals surface area contributed by atoms with E-state index >= 15 is 0 Å². The lowest BCUT2D eigenvalue weighted by Gasteiger charge is -2.29. The number of hydrogen-bond acceptors (Lipinski definition) is 7. The van der Waals surface area contributed by atoms with Gasteiger partial charge in [-0.25, -0.2) is 4.98 Å². The summed E-state index contributed by atoms with van der Waals surface area (Å²) >= 11 is 5.84. The molecule has 2 rings (SSSR count). The summed E-state index contributed by atoms with van der Waals surface area (Å²) in [6, 6.07) is 0.125. The quantitative estimate of drug-likeness (QED) is 0.305. The summed E-state index contributed by atoms with van der Waals surface area (Å²) in [5, 5.41) is 11.2. The number of aromatic nitrogens is 2. The van der Waals surface area contributed by atoms with Crippen molar-refractivity contribution in [3.8, 4) is 0 Å². The van der Waals surface area contributed by atoms with Crippen LogP contribution >= 0.6 is 11.6 Å². The van der Waals surface area contributed by atoms with Crippen LogP contribution in [-0.4, -0.2) is 40.1 Å². The van der Waals surface area contributed by atoms with Gasteiger partial charge in [0.1, 0.15) is 12.8 Å². The Labute approximate surface area is 145 Å². The second kappa shape index (κ2) is 8.77. The maximum atomic E-state index is 11.5. The number of nitro groups is 1. The lowest BCUT2D eigenvalue weighted by Crippen LogP contribution is -2.37. The Kier molecular flexibility index (Phi) is 6.72. The van der Waals surface area contributed by atoms with Crippen molar-refractivity contribution in [2.75, 3.05) is 18.1 Å². The molecule has 0 atom stereocenters. The van der Waals surface area contributed by atoms with E-state index in [1.54, 1.807) is 0 Å². The van der Waals surface area contributed by atoms with Crippen LogP contribution in [0.2, 0.25) is 5.28 Å². The predicted molar refractivity (Wildman–Crippen MR) is 89.2 cm³/mol. The first kappa shape index (κ1) is 18.4. The van der Waals surface area contributed by atoms with Gasteiger partial charge in [0.2, 0.25) is 11.1 Å². The number of hydrogen-bond donors (Lipinski definition) is 0. The van der Waals surface area contributed by atoms with Crippen molar-refractivity contribution < 1.29 is 14.5 Å². The third-order valence-corrected chi connectivity index (χ3v) is 4.19. The van der Waals surface area contributed by atoms with E-state index in [2.05, 4.69) is 9.97 Å². The van der Waals surface area contributed by atoms with E-state index in [-0.39, 0.29) is 35.4 Å². The molecule has 0 radical (unpaired) electrons. The van der Waals surface area contributed by atoms with E-state index in [0.717, 1.165) is 38.3 Å². The van der Waals surface area contributed by atoms with Gasteiger partial charge in [-0.3, -0.25) is 14.9 Å². The molecule has 0 amide bonds. The minimum atomic E-state index is -0.517. The van der Waals surface area contributed by atoms with Gasteiger partial charge in [0.05, 0.1) is 11.5 Å². The summed E-state index contributed by atoms with van der Waals surface area (Å²) in [5.41, 5.74) is -0.189. The zero-order valence-electron chi connectivity index (χ0n) is 13.6. The van der Waals surface area contributed by atoms with Crippen LogP contribution in [-0.2, 0) is 9.53 Å². The smallest absolute Gasteiger partial charge is 0.329 e. The van der Waals surface area contributed by atoms with Crippen LogP contribution in [0.25, 0.3) is 0 Å². The molecule has 1 aromatic rings. The number of rotatable bonds is 8. The molecule has 0 saturated heterocycles. The third kappa shape index (κ3) is 4.77. The number of carbonyl (C=O) groups excluding carboxylic acids is 1. The van der Waals surface area contributed by atoms with Gasteiger partial charge in [0.15, 0.2) is 0 Å². The molecule has 1 aliphatic carbocycles. The average Bonchev–Trinajstić information content (AvgIpc) is 3.05. The minimum absolute atomic E-state index is 0.0402. The second-order valence-electron chi connectivity index (χ2n) is 5.71. The largest absolute Gasteiger partial charge is 0.464 e. The Hall–Kier alpha value is -1.96. The monoisotopic (exact) mass is 356 g/mol. The van der Waals surface area contributed by atoms with E-state index in [9.17, 15) is 14.9 Å². The van der Waals surface area contributed by atoms with Gasteiger partial charge >= 0.3 is 11.7 Å². The number of carbonyl (C=O) groups is 1. The van der Waals surface area contributed by atoms with Gasteiger partial charge < -0.3 is 9.64 Å². The van der Waals surface area contributed by atoms with Crippen LogP contribution in [0, 0.1) is 10.1 Å². The molecule has 1 heterocycles. The SMILES string of the molecule is CCCC(=O)OCCN(c1nc(Cl)ncc1[N+](=O)[O-])C1CCCC1. The summed E-state index contributed by atoms with van der Waals surface area (Å²) in [4.78, 5) is 31.9. The fourth-order valence-electron chi connectivity index (χ4n) is 2.90. The first-order valence-electron chi connectivity index (χ1n) is 8.12. The molecule has 0 bridgehead atoms. The van der Waals surface area contributed by atoms with Crippen molar-refractivity contribution in [2.24, 2.45) is 0 Å². The highest BCUT2D eigenvalue weighted by atomic mass is 35.5. The van der Waals surface area contributed by atoms with E-state index < -0.39 is 4.92 Å². The molecule has 1 aromatic heterocycles. The highest BCUT2D eigenvalue weighted by Gasteiger charge is 2.30. The van der Waals surface area contributed by atoms with Crippen molar-refractivity contribution in [1.82, 2.24) is 9.97 Å². The summed E-state index contributed by atoms with van der Waals surface area (Å²) in [7, 11) is 0. The maximum absolute atomic E-state index is 11.5. The number of ether oxygens (including phenoxy) is 1. The van der Waals surface area contributed by atoms with Gasteiger partial charge in [0, 0.05) is 12.5 Å².